The van der Waals surface area contributed by atoms with Gasteiger partial charge in [0.2, 0.25) is 0 Å². The third kappa shape index (κ3) is 5.89. The summed E-state index contributed by atoms with van der Waals surface area (Å²) in [5, 5.41) is 6.31. The number of hydrogen-bond acceptors (Lipinski definition) is 6. The van der Waals surface area contributed by atoms with Gasteiger partial charge in [-0.2, -0.15) is 5.10 Å². The van der Waals surface area contributed by atoms with E-state index in [-0.39, 0.29) is 11.6 Å². The monoisotopic (exact) mass is 423 g/mol. The molecule has 0 aliphatic carbocycles. The SMILES string of the molecule is CN(C)c1ccc(/C=N\NC(=O)C(=O)Nc2ccccc2C(=O)N2CCOCC2)cc1. The van der Waals surface area contributed by atoms with Crippen LogP contribution in [0.3, 0.4) is 0 Å². The predicted molar refractivity (Wildman–Crippen MR) is 118 cm³/mol. The highest BCUT2D eigenvalue weighted by atomic mass is 16.5. The summed E-state index contributed by atoms with van der Waals surface area (Å²) in [6.45, 7) is 1.90. The van der Waals surface area contributed by atoms with Crippen molar-refractivity contribution in [1.29, 1.82) is 0 Å². The number of carbonyl (C=O) groups excluding carboxylic acids is 3. The second kappa shape index (κ2) is 10.4. The molecule has 2 aromatic carbocycles. The van der Waals surface area contributed by atoms with Crippen LogP contribution in [0, 0.1) is 0 Å². The van der Waals surface area contributed by atoms with E-state index in [9.17, 15) is 14.4 Å². The largest absolute Gasteiger partial charge is 0.378 e. The Kier molecular flexibility index (Phi) is 7.34. The molecule has 1 aliphatic heterocycles. The van der Waals surface area contributed by atoms with Gasteiger partial charge < -0.3 is 19.9 Å². The fourth-order valence-corrected chi connectivity index (χ4v) is 2.97. The van der Waals surface area contributed by atoms with Gasteiger partial charge >= 0.3 is 11.8 Å². The molecular formula is C22H25N5O4. The molecule has 0 bridgehead atoms. The zero-order chi connectivity index (χ0) is 22.2. The van der Waals surface area contributed by atoms with Crippen molar-refractivity contribution < 1.29 is 19.1 Å². The standard InChI is InChI=1S/C22H25N5O4/c1-26(2)17-9-7-16(8-10-17)15-23-25-21(29)20(28)24-19-6-4-3-5-18(19)22(30)27-11-13-31-14-12-27/h3-10,15H,11-14H2,1-2H3,(H,24,28)(H,25,29)/b23-15-. The lowest BCUT2D eigenvalue weighted by Crippen LogP contribution is -2.41. The van der Waals surface area contributed by atoms with E-state index in [0.29, 0.717) is 31.9 Å². The molecule has 3 amide bonds. The van der Waals surface area contributed by atoms with E-state index >= 15 is 0 Å². The molecule has 31 heavy (non-hydrogen) atoms. The second-order valence-electron chi connectivity index (χ2n) is 7.09. The average molecular weight is 423 g/mol. The highest BCUT2D eigenvalue weighted by Gasteiger charge is 2.22. The second-order valence-corrected chi connectivity index (χ2v) is 7.09. The summed E-state index contributed by atoms with van der Waals surface area (Å²) in [4.78, 5) is 40.8. The number of hydrogen-bond donors (Lipinski definition) is 2. The van der Waals surface area contributed by atoms with Crippen molar-refractivity contribution in [3.05, 3.63) is 59.7 Å². The van der Waals surface area contributed by atoms with E-state index in [2.05, 4.69) is 15.8 Å². The molecule has 9 heteroatoms. The Bertz CT molecular complexity index is 966. The van der Waals surface area contributed by atoms with Gasteiger partial charge in [-0.15, -0.1) is 0 Å². The number of morpholine rings is 1. The molecular weight excluding hydrogens is 398 g/mol. The molecule has 0 atom stereocenters. The number of benzene rings is 2. The smallest absolute Gasteiger partial charge is 0.329 e. The third-order valence-electron chi connectivity index (χ3n) is 4.70. The van der Waals surface area contributed by atoms with Gasteiger partial charge in [0.15, 0.2) is 0 Å². The van der Waals surface area contributed by atoms with E-state index in [0.717, 1.165) is 11.3 Å². The van der Waals surface area contributed by atoms with Gasteiger partial charge in [-0.05, 0) is 29.8 Å². The minimum atomic E-state index is -0.935. The van der Waals surface area contributed by atoms with Gasteiger partial charge in [0, 0.05) is 32.9 Å². The van der Waals surface area contributed by atoms with Crippen LogP contribution in [0.5, 0.6) is 0 Å². The van der Waals surface area contributed by atoms with Crippen LogP contribution in [-0.4, -0.2) is 69.2 Å². The van der Waals surface area contributed by atoms with Gasteiger partial charge in [-0.25, -0.2) is 5.43 Å². The van der Waals surface area contributed by atoms with Gasteiger partial charge in [0.1, 0.15) is 0 Å². The first-order valence-electron chi connectivity index (χ1n) is 9.83. The Balaban J connectivity index is 1.59. The van der Waals surface area contributed by atoms with Crippen molar-refractivity contribution in [2.45, 2.75) is 0 Å². The van der Waals surface area contributed by atoms with E-state index in [1.807, 2.05) is 43.3 Å². The van der Waals surface area contributed by atoms with Gasteiger partial charge in [0.05, 0.1) is 30.7 Å². The Morgan fingerprint density at radius 2 is 1.68 bits per heavy atom. The number of rotatable bonds is 5. The zero-order valence-corrected chi connectivity index (χ0v) is 17.5. The van der Waals surface area contributed by atoms with E-state index in [1.54, 1.807) is 29.2 Å². The highest BCUT2D eigenvalue weighted by molar-refractivity contribution is 6.40. The van der Waals surface area contributed by atoms with Crippen LogP contribution >= 0.6 is 0 Å². The molecule has 0 saturated carbocycles. The molecule has 1 heterocycles. The van der Waals surface area contributed by atoms with Crippen molar-refractivity contribution in [3.63, 3.8) is 0 Å². The van der Waals surface area contributed by atoms with Crippen LogP contribution < -0.4 is 15.6 Å². The molecule has 3 rings (SSSR count). The minimum Gasteiger partial charge on any atom is -0.378 e. The number of ether oxygens (including phenoxy) is 1. The summed E-state index contributed by atoms with van der Waals surface area (Å²) >= 11 is 0. The van der Waals surface area contributed by atoms with Crippen molar-refractivity contribution >= 4 is 35.3 Å². The van der Waals surface area contributed by atoms with Crippen LogP contribution in [0.15, 0.2) is 53.6 Å². The summed E-state index contributed by atoms with van der Waals surface area (Å²) in [5.74, 6) is -2.07. The maximum absolute atomic E-state index is 12.8. The zero-order valence-electron chi connectivity index (χ0n) is 17.5. The van der Waals surface area contributed by atoms with Crippen LogP contribution in [0.2, 0.25) is 0 Å². The third-order valence-corrected chi connectivity index (χ3v) is 4.70. The molecule has 0 unspecified atom stereocenters. The van der Waals surface area contributed by atoms with Crippen LogP contribution in [-0.2, 0) is 14.3 Å². The number of carbonyl (C=O) groups is 3. The summed E-state index contributed by atoms with van der Waals surface area (Å²) in [7, 11) is 3.88. The Morgan fingerprint density at radius 3 is 2.35 bits per heavy atom. The molecule has 0 radical (unpaired) electrons. The van der Waals surface area contributed by atoms with Crippen molar-refractivity contribution in [2.75, 3.05) is 50.6 Å². The van der Waals surface area contributed by atoms with E-state index < -0.39 is 11.8 Å². The number of nitrogens with one attached hydrogen (secondary N) is 2. The number of amides is 3. The quantitative estimate of drug-likeness (QED) is 0.429. The normalized spacial score (nSPS) is 13.7. The summed E-state index contributed by atoms with van der Waals surface area (Å²) < 4.78 is 5.27. The van der Waals surface area contributed by atoms with Gasteiger partial charge in [0.25, 0.3) is 5.91 Å². The predicted octanol–water partition coefficient (Wildman–Crippen LogP) is 1.31. The van der Waals surface area contributed by atoms with E-state index in [1.165, 1.54) is 6.21 Å². The van der Waals surface area contributed by atoms with Crippen molar-refractivity contribution in [3.8, 4) is 0 Å². The van der Waals surface area contributed by atoms with Crippen molar-refractivity contribution in [2.24, 2.45) is 5.10 Å². The molecule has 1 aliphatic rings. The number of hydrazone groups is 1. The number of anilines is 2. The van der Waals surface area contributed by atoms with Crippen molar-refractivity contribution in [1.82, 2.24) is 10.3 Å². The minimum absolute atomic E-state index is 0.223. The average Bonchev–Trinajstić information content (AvgIpc) is 2.79. The molecule has 0 spiro atoms. The Labute approximate surface area is 180 Å². The Morgan fingerprint density at radius 1 is 1.00 bits per heavy atom. The van der Waals surface area contributed by atoms with Gasteiger partial charge in [-0.3, -0.25) is 14.4 Å². The van der Waals surface area contributed by atoms with E-state index in [4.69, 9.17) is 4.74 Å². The molecule has 0 aromatic heterocycles. The summed E-state index contributed by atoms with van der Waals surface area (Å²) in [6, 6.07) is 14.1. The van der Waals surface area contributed by atoms with Gasteiger partial charge in [-0.1, -0.05) is 24.3 Å². The van der Waals surface area contributed by atoms with Crippen LogP contribution in [0.1, 0.15) is 15.9 Å². The molecule has 1 fully saturated rings. The lowest BCUT2D eigenvalue weighted by molar-refractivity contribution is -0.136. The maximum atomic E-state index is 12.8. The Hall–Kier alpha value is -3.72. The first-order chi connectivity index (χ1) is 15.0. The molecule has 2 N–H and O–H groups in total. The maximum Gasteiger partial charge on any atom is 0.329 e. The number of nitrogens with zero attached hydrogens (tertiary/aromatic N) is 3. The van der Waals surface area contributed by atoms with Crippen LogP contribution in [0.25, 0.3) is 0 Å². The van der Waals surface area contributed by atoms with Crippen LogP contribution in [0.4, 0.5) is 11.4 Å². The first-order valence-corrected chi connectivity index (χ1v) is 9.83. The summed E-state index contributed by atoms with van der Waals surface area (Å²) in [5.41, 5.74) is 4.58. The lowest BCUT2D eigenvalue weighted by Gasteiger charge is -2.27. The fourth-order valence-electron chi connectivity index (χ4n) is 2.97. The lowest BCUT2D eigenvalue weighted by atomic mass is 10.1. The first kappa shape index (κ1) is 22.0. The molecule has 1 saturated heterocycles. The summed E-state index contributed by atoms with van der Waals surface area (Å²) in [6.07, 6.45) is 1.44. The highest BCUT2D eigenvalue weighted by Crippen LogP contribution is 2.18. The molecule has 9 nitrogen and oxygen atoms in total. The number of para-hydroxylation sites is 1. The fraction of sp³-hybridized carbons (Fsp3) is 0.273. The topological polar surface area (TPSA) is 103 Å². The molecule has 2 aromatic rings. The molecule has 162 valence electrons.